The van der Waals surface area contributed by atoms with E-state index in [1.165, 1.54) is 7.11 Å². The van der Waals surface area contributed by atoms with Crippen molar-refractivity contribution >= 4 is 11.8 Å². The molecule has 19 heavy (non-hydrogen) atoms. The molecule has 5 nitrogen and oxygen atoms in total. The zero-order chi connectivity index (χ0) is 14.5. The van der Waals surface area contributed by atoms with Crippen LogP contribution in [0.25, 0.3) is 0 Å². The molecule has 1 heterocycles. The van der Waals surface area contributed by atoms with Crippen molar-refractivity contribution in [1.82, 2.24) is 10.2 Å². The summed E-state index contributed by atoms with van der Waals surface area (Å²) in [7, 11) is 1.51. The van der Waals surface area contributed by atoms with Gasteiger partial charge in [-0.2, -0.15) is 13.2 Å². The number of rotatable bonds is 4. The number of carbonyl (C=O) groups excluding carboxylic acids is 2. The first-order chi connectivity index (χ1) is 8.86. The van der Waals surface area contributed by atoms with Gasteiger partial charge in [-0.25, -0.2) is 0 Å². The molecule has 0 spiro atoms. The van der Waals surface area contributed by atoms with Gasteiger partial charge in [0, 0.05) is 32.7 Å². The maximum atomic E-state index is 12.2. The standard InChI is InChI=1S/C11H17F3N2O3/c1-19-7-4-15-9(17)8-2-5-16(6-3-8)10(18)11(12,13)14/h8H,2-7H2,1H3,(H,15,17). The third-order valence-electron chi connectivity index (χ3n) is 3.00. The SMILES string of the molecule is COCCNC(=O)C1CCN(C(=O)C(F)(F)F)CC1. The molecular weight excluding hydrogens is 265 g/mol. The lowest BCUT2D eigenvalue weighted by Crippen LogP contribution is -2.47. The highest BCUT2D eigenvalue weighted by Crippen LogP contribution is 2.23. The molecule has 110 valence electrons. The van der Waals surface area contributed by atoms with E-state index in [1.54, 1.807) is 0 Å². The number of nitrogens with zero attached hydrogens (tertiary/aromatic N) is 1. The fourth-order valence-corrected chi connectivity index (χ4v) is 1.94. The number of halogens is 3. The Balaban J connectivity index is 2.36. The third kappa shape index (κ3) is 4.70. The first-order valence-electron chi connectivity index (χ1n) is 5.99. The summed E-state index contributed by atoms with van der Waals surface area (Å²) in [5.41, 5.74) is 0. The number of carbonyl (C=O) groups is 2. The number of amides is 2. The number of likely N-dealkylation sites (tertiary alicyclic amines) is 1. The highest BCUT2D eigenvalue weighted by atomic mass is 19.4. The molecule has 0 saturated carbocycles. The quantitative estimate of drug-likeness (QED) is 0.766. The fourth-order valence-electron chi connectivity index (χ4n) is 1.94. The van der Waals surface area contributed by atoms with Crippen molar-refractivity contribution in [3.8, 4) is 0 Å². The summed E-state index contributed by atoms with van der Waals surface area (Å²) in [6.07, 6.45) is -4.34. The van der Waals surface area contributed by atoms with Gasteiger partial charge >= 0.3 is 12.1 Å². The first-order valence-corrected chi connectivity index (χ1v) is 5.99. The minimum atomic E-state index is -4.84. The molecule has 0 radical (unpaired) electrons. The minimum absolute atomic E-state index is 0.0410. The molecule has 0 atom stereocenters. The molecule has 0 aromatic carbocycles. The predicted octanol–water partition coefficient (Wildman–Crippen LogP) is 0.550. The van der Waals surface area contributed by atoms with E-state index in [4.69, 9.17) is 4.74 Å². The van der Waals surface area contributed by atoms with Gasteiger partial charge in [0.2, 0.25) is 5.91 Å². The molecule has 0 bridgehead atoms. The number of hydrogen-bond donors (Lipinski definition) is 1. The smallest absolute Gasteiger partial charge is 0.383 e. The van der Waals surface area contributed by atoms with E-state index >= 15 is 0 Å². The van der Waals surface area contributed by atoms with E-state index < -0.39 is 12.1 Å². The topological polar surface area (TPSA) is 58.6 Å². The fraction of sp³-hybridized carbons (Fsp3) is 0.818. The van der Waals surface area contributed by atoms with Gasteiger partial charge in [-0.05, 0) is 12.8 Å². The lowest BCUT2D eigenvalue weighted by atomic mass is 9.96. The Kier molecular flexibility index (Phi) is 5.59. The van der Waals surface area contributed by atoms with Gasteiger partial charge in [0.05, 0.1) is 6.61 Å². The minimum Gasteiger partial charge on any atom is -0.383 e. The molecule has 2 amide bonds. The van der Waals surface area contributed by atoms with Crippen molar-refractivity contribution in [3.05, 3.63) is 0 Å². The Morgan fingerprint density at radius 2 is 1.89 bits per heavy atom. The second-order valence-electron chi connectivity index (χ2n) is 4.35. The van der Waals surface area contributed by atoms with E-state index in [1.807, 2.05) is 0 Å². The summed E-state index contributed by atoms with van der Waals surface area (Å²) in [6.45, 7) is 0.676. The summed E-state index contributed by atoms with van der Waals surface area (Å²) in [4.78, 5) is 23.4. The average Bonchev–Trinajstić information content (AvgIpc) is 2.37. The molecule has 1 saturated heterocycles. The lowest BCUT2D eigenvalue weighted by Gasteiger charge is -2.31. The molecule has 1 aliphatic rings. The molecule has 1 fully saturated rings. The van der Waals surface area contributed by atoms with Crippen molar-refractivity contribution in [2.45, 2.75) is 19.0 Å². The molecule has 0 unspecified atom stereocenters. The average molecular weight is 282 g/mol. The van der Waals surface area contributed by atoms with Gasteiger partial charge in [-0.15, -0.1) is 0 Å². The molecular formula is C11H17F3N2O3. The monoisotopic (exact) mass is 282 g/mol. The van der Waals surface area contributed by atoms with Gasteiger partial charge in [-0.1, -0.05) is 0 Å². The number of nitrogens with one attached hydrogen (secondary N) is 1. The third-order valence-corrected chi connectivity index (χ3v) is 3.00. The highest BCUT2D eigenvalue weighted by molar-refractivity contribution is 5.83. The lowest BCUT2D eigenvalue weighted by molar-refractivity contribution is -0.186. The maximum Gasteiger partial charge on any atom is 0.471 e. The molecule has 1 N–H and O–H groups in total. The van der Waals surface area contributed by atoms with Crippen molar-refractivity contribution in [2.24, 2.45) is 5.92 Å². The van der Waals surface area contributed by atoms with E-state index in [2.05, 4.69) is 5.32 Å². The Bertz CT molecular complexity index is 326. The van der Waals surface area contributed by atoms with Crippen LogP contribution in [0, 0.1) is 5.92 Å². The van der Waals surface area contributed by atoms with E-state index in [9.17, 15) is 22.8 Å². The van der Waals surface area contributed by atoms with Crippen molar-refractivity contribution < 1.29 is 27.5 Å². The predicted molar refractivity (Wildman–Crippen MR) is 60.2 cm³/mol. The Hall–Kier alpha value is -1.31. The van der Waals surface area contributed by atoms with Crippen LogP contribution in [-0.2, 0) is 14.3 Å². The summed E-state index contributed by atoms with van der Waals surface area (Å²) in [6, 6.07) is 0. The number of methoxy groups -OCH3 is 1. The zero-order valence-electron chi connectivity index (χ0n) is 10.6. The number of alkyl halides is 3. The van der Waals surface area contributed by atoms with E-state index in [0.29, 0.717) is 13.2 Å². The van der Waals surface area contributed by atoms with Crippen LogP contribution in [-0.4, -0.2) is 56.2 Å². The van der Waals surface area contributed by atoms with Crippen LogP contribution in [0.5, 0.6) is 0 Å². The normalized spacial score (nSPS) is 17.4. The second-order valence-corrected chi connectivity index (χ2v) is 4.35. The summed E-state index contributed by atoms with van der Waals surface area (Å²) < 4.78 is 41.4. The number of hydrogen-bond acceptors (Lipinski definition) is 3. The van der Waals surface area contributed by atoms with Crippen LogP contribution in [0.3, 0.4) is 0 Å². The Labute approximate surface area is 109 Å². The van der Waals surface area contributed by atoms with Crippen molar-refractivity contribution in [2.75, 3.05) is 33.4 Å². The van der Waals surface area contributed by atoms with Gasteiger partial charge in [-0.3, -0.25) is 9.59 Å². The first kappa shape index (κ1) is 15.7. The molecule has 0 aromatic rings. The summed E-state index contributed by atoms with van der Waals surface area (Å²) in [5.74, 6) is -2.36. The van der Waals surface area contributed by atoms with Crippen LogP contribution in [0.1, 0.15) is 12.8 Å². The summed E-state index contributed by atoms with van der Waals surface area (Å²) >= 11 is 0. The zero-order valence-corrected chi connectivity index (χ0v) is 10.6. The molecule has 0 aliphatic carbocycles. The van der Waals surface area contributed by atoms with E-state index in [0.717, 1.165) is 4.90 Å². The second kappa shape index (κ2) is 6.74. The maximum absolute atomic E-state index is 12.2. The Morgan fingerprint density at radius 1 is 1.32 bits per heavy atom. The van der Waals surface area contributed by atoms with Crippen LogP contribution >= 0.6 is 0 Å². The van der Waals surface area contributed by atoms with E-state index in [-0.39, 0.29) is 37.8 Å². The molecule has 0 aromatic heterocycles. The number of piperidine rings is 1. The van der Waals surface area contributed by atoms with Crippen molar-refractivity contribution in [3.63, 3.8) is 0 Å². The van der Waals surface area contributed by atoms with Gasteiger partial charge in [0.15, 0.2) is 0 Å². The van der Waals surface area contributed by atoms with Crippen molar-refractivity contribution in [1.29, 1.82) is 0 Å². The van der Waals surface area contributed by atoms with Gasteiger partial charge < -0.3 is 15.0 Å². The van der Waals surface area contributed by atoms with Crippen LogP contribution in [0.15, 0.2) is 0 Å². The van der Waals surface area contributed by atoms with Gasteiger partial charge in [0.25, 0.3) is 0 Å². The van der Waals surface area contributed by atoms with Crippen LogP contribution in [0.2, 0.25) is 0 Å². The molecule has 1 aliphatic heterocycles. The Morgan fingerprint density at radius 3 is 2.37 bits per heavy atom. The van der Waals surface area contributed by atoms with Crippen LogP contribution < -0.4 is 5.32 Å². The molecule has 8 heteroatoms. The largest absolute Gasteiger partial charge is 0.471 e. The van der Waals surface area contributed by atoms with Gasteiger partial charge in [0.1, 0.15) is 0 Å². The van der Waals surface area contributed by atoms with Crippen LogP contribution in [0.4, 0.5) is 13.2 Å². The summed E-state index contributed by atoms with van der Waals surface area (Å²) in [5, 5.41) is 2.64. The number of ether oxygens (including phenoxy) is 1. The molecule has 1 rings (SSSR count). The highest BCUT2D eigenvalue weighted by Gasteiger charge is 2.43.